The van der Waals surface area contributed by atoms with Crippen LogP contribution in [0, 0.1) is 0 Å². The number of ether oxygens (including phenoxy) is 1. The lowest BCUT2D eigenvalue weighted by Crippen LogP contribution is -2.15. The Kier molecular flexibility index (Phi) is 3.03. The van der Waals surface area contributed by atoms with E-state index in [-0.39, 0.29) is 0 Å². The van der Waals surface area contributed by atoms with Crippen molar-refractivity contribution in [3.8, 4) is 5.75 Å². The van der Waals surface area contributed by atoms with Gasteiger partial charge in [0.1, 0.15) is 18.2 Å². The number of anilines is 1. The molecular weight excluding hydrogens is 210 g/mol. The van der Waals surface area contributed by atoms with Crippen molar-refractivity contribution in [1.29, 1.82) is 0 Å². The van der Waals surface area contributed by atoms with E-state index in [1.54, 1.807) is 0 Å². The van der Waals surface area contributed by atoms with Crippen molar-refractivity contribution in [2.45, 2.75) is 0 Å². The molecule has 0 unspecified atom stereocenters. The highest BCUT2D eigenvalue weighted by Gasteiger charge is 2.03. The van der Waals surface area contributed by atoms with Gasteiger partial charge in [-0.25, -0.2) is 0 Å². The molecule has 0 aliphatic rings. The average molecular weight is 223 g/mol. The van der Waals surface area contributed by atoms with E-state index in [0.717, 1.165) is 22.4 Å². The largest absolute Gasteiger partial charge is 0.492 e. The van der Waals surface area contributed by atoms with Crippen LogP contribution in [0.2, 0.25) is 0 Å². The monoisotopic (exact) mass is 223 g/mol. The maximum absolute atomic E-state index is 5.70. The smallest absolute Gasteiger partial charge is 0.144 e. The lowest BCUT2D eigenvalue weighted by Gasteiger charge is -2.04. The van der Waals surface area contributed by atoms with Crippen molar-refractivity contribution in [3.05, 3.63) is 18.2 Å². The molecule has 0 atom stereocenters. The molecule has 1 aromatic carbocycles. The summed E-state index contributed by atoms with van der Waals surface area (Å²) in [6.07, 6.45) is 0. The van der Waals surface area contributed by atoms with Crippen LogP contribution in [0.1, 0.15) is 0 Å². The van der Waals surface area contributed by atoms with Crippen LogP contribution >= 0.6 is 11.5 Å². The zero-order chi connectivity index (χ0) is 10.7. The van der Waals surface area contributed by atoms with Crippen LogP contribution in [0.25, 0.3) is 10.1 Å². The number of nitrogens with zero attached hydrogens (tertiary/aromatic N) is 1. The molecule has 0 amide bonds. The summed E-state index contributed by atoms with van der Waals surface area (Å²) in [4.78, 5) is 0. The standard InChI is InChI=1S/C10H13N3OS/c1-12-4-5-14-7-2-3-8-9(6-7)15-13-10(8)11/h2-3,6,12H,4-5H2,1H3,(H2,11,13). The van der Waals surface area contributed by atoms with Crippen LogP contribution < -0.4 is 15.8 Å². The van der Waals surface area contributed by atoms with Crippen molar-refractivity contribution < 1.29 is 4.74 Å². The van der Waals surface area contributed by atoms with Gasteiger partial charge in [-0.3, -0.25) is 0 Å². The normalized spacial score (nSPS) is 10.7. The molecule has 2 rings (SSSR count). The third-order valence-corrected chi connectivity index (χ3v) is 2.91. The third-order valence-electron chi connectivity index (χ3n) is 2.09. The van der Waals surface area contributed by atoms with E-state index < -0.39 is 0 Å². The maximum Gasteiger partial charge on any atom is 0.144 e. The molecule has 1 heterocycles. The van der Waals surface area contributed by atoms with Gasteiger partial charge in [-0.2, -0.15) is 4.37 Å². The highest BCUT2D eigenvalue weighted by Crippen LogP contribution is 2.28. The molecule has 0 bridgehead atoms. The summed E-state index contributed by atoms with van der Waals surface area (Å²) in [5, 5.41) is 4.03. The Morgan fingerprint density at radius 1 is 1.53 bits per heavy atom. The molecule has 0 spiro atoms. The minimum Gasteiger partial charge on any atom is -0.492 e. The van der Waals surface area contributed by atoms with E-state index >= 15 is 0 Å². The van der Waals surface area contributed by atoms with Crippen LogP contribution in [0.5, 0.6) is 5.75 Å². The van der Waals surface area contributed by atoms with Crippen LogP contribution in [-0.2, 0) is 0 Å². The Hall–Kier alpha value is -1.33. The SMILES string of the molecule is CNCCOc1ccc2c(N)nsc2c1. The van der Waals surface area contributed by atoms with E-state index in [4.69, 9.17) is 10.5 Å². The van der Waals surface area contributed by atoms with Crippen molar-refractivity contribution in [3.63, 3.8) is 0 Å². The number of rotatable bonds is 4. The molecule has 0 saturated heterocycles. The summed E-state index contributed by atoms with van der Waals surface area (Å²) in [6.45, 7) is 1.50. The quantitative estimate of drug-likeness (QED) is 0.771. The average Bonchev–Trinajstić information content (AvgIpc) is 2.61. The topological polar surface area (TPSA) is 60.2 Å². The summed E-state index contributed by atoms with van der Waals surface area (Å²) >= 11 is 1.40. The zero-order valence-electron chi connectivity index (χ0n) is 8.49. The van der Waals surface area contributed by atoms with Gasteiger partial charge in [0.2, 0.25) is 0 Å². The van der Waals surface area contributed by atoms with Crippen LogP contribution in [-0.4, -0.2) is 24.6 Å². The molecule has 15 heavy (non-hydrogen) atoms. The first kappa shape index (κ1) is 10.2. The predicted molar refractivity (Wildman–Crippen MR) is 63.5 cm³/mol. The van der Waals surface area contributed by atoms with Crippen molar-refractivity contribution in [2.75, 3.05) is 25.9 Å². The summed E-state index contributed by atoms with van der Waals surface area (Å²) < 4.78 is 10.7. The van der Waals surface area contributed by atoms with E-state index in [9.17, 15) is 0 Å². The molecular formula is C10H13N3OS. The molecule has 5 heteroatoms. The number of hydrogen-bond acceptors (Lipinski definition) is 5. The molecule has 2 aromatic rings. The van der Waals surface area contributed by atoms with E-state index in [0.29, 0.717) is 12.4 Å². The zero-order valence-corrected chi connectivity index (χ0v) is 9.30. The van der Waals surface area contributed by atoms with Crippen LogP contribution in [0.15, 0.2) is 18.2 Å². The summed E-state index contributed by atoms with van der Waals surface area (Å²) in [6, 6.07) is 5.84. The van der Waals surface area contributed by atoms with Gasteiger partial charge in [-0.15, -0.1) is 0 Å². The molecule has 0 aliphatic heterocycles. The van der Waals surface area contributed by atoms with Gasteiger partial charge in [0.05, 0.1) is 4.70 Å². The Labute approximate surface area is 92.2 Å². The number of fused-ring (bicyclic) bond motifs is 1. The first-order valence-electron chi connectivity index (χ1n) is 4.73. The van der Waals surface area contributed by atoms with Gasteiger partial charge < -0.3 is 15.8 Å². The molecule has 0 fully saturated rings. The van der Waals surface area contributed by atoms with Gasteiger partial charge in [-0.1, -0.05) is 0 Å². The highest BCUT2D eigenvalue weighted by molar-refractivity contribution is 7.13. The number of nitrogen functional groups attached to an aromatic ring is 1. The maximum atomic E-state index is 5.70. The Bertz CT molecular complexity index is 455. The molecule has 3 N–H and O–H groups in total. The lowest BCUT2D eigenvalue weighted by molar-refractivity contribution is 0.319. The second kappa shape index (κ2) is 4.46. The summed E-state index contributed by atoms with van der Waals surface area (Å²) in [5.41, 5.74) is 5.70. The summed E-state index contributed by atoms with van der Waals surface area (Å²) in [7, 11) is 1.90. The number of nitrogens with one attached hydrogen (secondary N) is 1. The second-order valence-corrected chi connectivity index (χ2v) is 3.98. The number of aromatic nitrogens is 1. The number of nitrogens with two attached hydrogens (primary N) is 1. The van der Waals surface area contributed by atoms with Gasteiger partial charge in [0, 0.05) is 11.9 Å². The molecule has 0 saturated carbocycles. The van der Waals surface area contributed by atoms with Crippen LogP contribution in [0.3, 0.4) is 0 Å². The first-order valence-corrected chi connectivity index (χ1v) is 5.51. The molecule has 80 valence electrons. The Balaban J connectivity index is 2.16. The number of hydrogen-bond donors (Lipinski definition) is 2. The van der Waals surface area contributed by atoms with Crippen molar-refractivity contribution >= 4 is 27.4 Å². The fraction of sp³-hybridized carbons (Fsp3) is 0.300. The highest BCUT2D eigenvalue weighted by atomic mass is 32.1. The molecule has 0 radical (unpaired) electrons. The predicted octanol–water partition coefficient (Wildman–Crippen LogP) is 1.48. The lowest BCUT2D eigenvalue weighted by atomic mass is 10.2. The fourth-order valence-electron chi connectivity index (χ4n) is 1.30. The molecule has 4 nitrogen and oxygen atoms in total. The van der Waals surface area contributed by atoms with Gasteiger partial charge in [0.15, 0.2) is 0 Å². The van der Waals surface area contributed by atoms with Gasteiger partial charge >= 0.3 is 0 Å². The third kappa shape index (κ3) is 2.19. The van der Waals surface area contributed by atoms with E-state index in [1.807, 2.05) is 25.2 Å². The van der Waals surface area contributed by atoms with E-state index in [1.165, 1.54) is 11.5 Å². The van der Waals surface area contributed by atoms with Gasteiger partial charge in [0.25, 0.3) is 0 Å². The van der Waals surface area contributed by atoms with Crippen molar-refractivity contribution in [1.82, 2.24) is 9.69 Å². The first-order chi connectivity index (χ1) is 7.31. The number of likely N-dealkylation sites (N-methyl/N-ethyl adjacent to an activating group) is 1. The Morgan fingerprint density at radius 3 is 3.20 bits per heavy atom. The van der Waals surface area contributed by atoms with E-state index in [2.05, 4.69) is 9.69 Å². The minimum absolute atomic E-state index is 0.594. The van der Waals surface area contributed by atoms with Crippen molar-refractivity contribution in [2.24, 2.45) is 0 Å². The summed E-state index contributed by atoms with van der Waals surface area (Å²) in [5.74, 6) is 1.46. The fourth-order valence-corrected chi connectivity index (χ4v) is 2.03. The minimum atomic E-state index is 0.594. The van der Waals surface area contributed by atoms with Crippen LogP contribution in [0.4, 0.5) is 5.82 Å². The molecule has 1 aromatic heterocycles. The molecule has 0 aliphatic carbocycles. The Morgan fingerprint density at radius 2 is 2.40 bits per heavy atom. The van der Waals surface area contributed by atoms with Gasteiger partial charge in [-0.05, 0) is 36.8 Å². The second-order valence-electron chi connectivity index (χ2n) is 3.18. The number of benzene rings is 1.